The van der Waals surface area contributed by atoms with Gasteiger partial charge in [0.25, 0.3) is 0 Å². The van der Waals surface area contributed by atoms with Crippen LogP contribution in [0.5, 0.6) is 0 Å². The average molecular weight is 489 g/mol. The minimum atomic E-state index is -0.363. The third kappa shape index (κ3) is 5.13. The molecule has 0 amide bonds. The topological polar surface area (TPSA) is 66.8 Å². The summed E-state index contributed by atoms with van der Waals surface area (Å²) in [5, 5.41) is 19.7. The number of aliphatic hydroxyl groups is 2. The quantitative estimate of drug-likeness (QED) is 0.286. The largest absolute Gasteiger partial charge is 0.463 e. The van der Waals surface area contributed by atoms with E-state index in [0.717, 1.165) is 36.5 Å². The number of rotatable bonds is 9. The van der Waals surface area contributed by atoms with Gasteiger partial charge in [-0.1, -0.05) is 65.5 Å². The van der Waals surface area contributed by atoms with E-state index in [9.17, 15) is 9.90 Å². The molecular weight excluding hydrogens is 436 g/mol. The lowest BCUT2D eigenvalue weighted by atomic mass is 9.44. The molecule has 3 saturated carbocycles. The molecule has 0 aromatic heterocycles. The van der Waals surface area contributed by atoms with Crippen LogP contribution in [0.3, 0.4) is 0 Å². The fourth-order valence-electron chi connectivity index (χ4n) is 9.62. The Morgan fingerprint density at radius 3 is 2.63 bits per heavy atom. The van der Waals surface area contributed by atoms with Gasteiger partial charge in [-0.05, 0) is 97.2 Å². The van der Waals surface area contributed by atoms with Gasteiger partial charge in [-0.15, -0.1) is 0 Å². The van der Waals surface area contributed by atoms with E-state index in [1.165, 1.54) is 50.5 Å². The van der Waals surface area contributed by atoms with Gasteiger partial charge in [-0.3, -0.25) is 4.79 Å². The highest BCUT2D eigenvalue weighted by atomic mass is 16.5. The highest BCUT2D eigenvalue weighted by molar-refractivity contribution is 5.70. The lowest BCUT2D eigenvalue weighted by molar-refractivity contribution is -0.149. The molecule has 0 heterocycles. The Hall–Kier alpha value is -0.870. The molecule has 0 aliphatic heterocycles. The summed E-state index contributed by atoms with van der Waals surface area (Å²) in [5.74, 6) is 4.42. The van der Waals surface area contributed by atoms with Gasteiger partial charge in [0.2, 0.25) is 0 Å². The number of ether oxygens (including phenoxy) is 1. The van der Waals surface area contributed by atoms with Gasteiger partial charge in [0.05, 0.1) is 12.7 Å². The van der Waals surface area contributed by atoms with Crippen molar-refractivity contribution < 1.29 is 19.7 Å². The highest BCUT2D eigenvalue weighted by Gasteiger charge is 2.61. The molecule has 200 valence electrons. The van der Waals surface area contributed by atoms with E-state index in [1.54, 1.807) is 0 Å². The van der Waals surface area contributed by atoms with E-state index >= 15 is 0 Å². The second kappa shape index (κ2) is 10.9. The van der Waals surface area contributed by atoms with Crippen molar-refractivity contribution in [1.29, 1.82) is 0 Å². The first kappa shape index (κ1) is 27.2. The van der Waals surface area contributed by atoms with Crippen LogP contribution in [0.4, 0.5) is 0 Å². The van der Waals surface area contributed by atoms with Crippen molar-refractivity contribution in [2.24, 2.45) is 52.3 Å². The number of hydrogen-bond acceptors (Lipinski definition) is 4. The smallest absolute Gasteiger partial charge is 0.306 e. The molecule has 35 heavy (non-hydrogen) atoms. The summed E-state index contributed by atoms with van der Waals surface area (Å²) >= 11 is 0. The van der Waals surface area contributed by atoms with E-state index in [-0.39, 0.29) is 36.6 Å². The van der Waals surface area contributed by atoms with Crippen molar-refractivity contribution in [1.82, 2.24) is 0 Å². The summed E-state index contributed by atoms with van der Waals surface area (Å²) in [6.07, 6.45) is 14.5. The fraction of sp³-hybridized carbons (Fsp3) is 0.903. The minimum Gasteiger partial charge on any atom is -0.463 e. The Kier molecular flexibility index (Phi) is 8.43. The molecule has 9 atom stereocenters. The molecule has 0 radical (unpaired) electrons. The van der Waals surface area contributed by atoms with Gasteiger partial charge in [-0.25, -0.2) is 0 Å². The lowest BCUT2D eigenvalue weighted by Gasteiger charge is -2.60. The Labute approximate surface area is 214 Å². The standard InChI is InChI=1S/C31H52O4/c1-20(2)7-6-8-21(3)26-11-12-27-25-10-9-22-17-24(33)18-23(19-29(34)35-16-15-32)31(22,5)28(25)13-14-30(26,27)4/h9,20-21,23-28,32-33H,6-8,10-19H2,1-5H3/t21-,23?,24-,25+,26-,27+,28+,30-,31-/m1/s1. The predicted octanol–water partition coefficient (Wildman–Crippen LogP) is 6.54. The maximum Gasteiger partial charge on any atom is 0.306 e. The predicted molar refractivity (Wildman–Crippen MR) is 141 cm³/mol. The van der Waals surface area contributed by atoms with Crippen LogP contribution >= 0.6 is 0 Å². The van der Waals surface area contributed by atoms with Crippen LogP contribution in [0, 0.1) is 52.3 Å². The van der Waals surface area contributed by atoms with Crippen LogP contribution in [0.15, 0.2) is 11.6 Å². The molecule has 0 saturated heterocycles. The van der Waals surface area contributed by atoms with Gasteiger partial charge in [0.1, 0.15) is 6.61 Å². The molecule has 4 aliphatic rings. The molecule has 4 rings (SSSR count). The summed E-state index contributed by atoms with van der Waals surface area (Å²) in [4.78, 5) is 12.6. The minimum absolute atomic E-state index is 0.0251. The van der Waals surface area contributed by atoms with E-state index in [1.807, 2.05) is 0 Å². The molecule has 1 unspecified atom stereocenters. The monoisotopic (exact) mass is 488 g/mol. The summed E-state index contributed by atoms with van der Waals surface area (Å²) in [5.41, 5.74) is 1.82. The summed E-state index contributed by atoms with van der Waals surface area (Å²) in [7, 11) is 0. The SMILES string of the molecule is CC(C)CCC[C@@H](C)[C@H]1CC[C@H]2[C@@H]3CC=C4C[C@@H](O)CC(CC(=O)OCCO)[C@]4(C)[C@H]3CC[C@]12C. The zero-order chi connectivity index (χ0) is 25.4. The Bertz CT molecular complexity index is 774. The van der Waals surface area contributed by atoms with Gasteiger partial charge in [0, 0.05) is 6.42 Å². The summed E-state index contributed by atoms with van der Waals surface area (Å²) in [6, 6.07) is 0. The number of allylic oxidation sites excluding steroid dienone is 1. The molecule has 0 aromatic carbocycles. The molecule has 0 spiro atoms. The maximum atomic E-state index is 12.6. The Morgan fingerprint density at radius 1 is 1.14 bits per heavy atom. The molecular formula is C31H52O4. The van der Waals surface area contributed by atoms with Crippen LogP contribution in [0.2, 0.25) is 0 Å². The van der Waals surface area contributed by atoms with Crippen molar-refractivity contribution in [3.8, 4) is 0 Å². The maximum absolute atomic E-state index is 12.6. The van der Waals surface area contributed by atoms with E-state index in [0.29, 0.717) is 30.1 Å². The Morgan fingerprint density at radius 2 is 1.91 bits per heavy atom. The second-order valence-electron chi connectivity index (χ2n) is 13.6. The third-order valence-corrected chi connectivity index (χ3v) is 11.4. The zero-order valence-electron chi connectivity index (χ0n) is 23.1. The normalized spacial score (nSPS) is 41.5. The molecule has 0 aromatic rings. The molecule has 4 aliphatic carbocycles. The molecule has 4 heteroatoms. The van der Waals surface area contributed by atoms with Crippen LogP contribution in [0.25, 0.3) is 0 Å². The lowest BCUT2D eigenvalue weighted by Crippen LogP contribution is -2.54. The van der Waals surface area contributed by atoms with Crippen molar-refractivity contribution in [2.75, 3.05) is 13.2 Å². The van der Waals surface area contributed by atoms with Crippen LogP contribution in [-0.2, 0) is 9.53 Å². The van der Waals surface area contributed by atoms with Crippen LogP contribution < -0.4 is 0 Å². The van der Waals surface area contributed by atoms with Crippen molar-refractivity contribution in [2.45, 2.75) is 111 Å². The van der Waals surface area contributed by atoms with Crippen molar-refractivity contribution in [3.05, 3.63) is 11.6 Å². The molecule has 0 bridgehead atoms. The van der Waals surface area contributed by atoms with Crippen molar-refractivity contribution in [3.63, 3.8) is 0 Å². The average Bonchev–Trinajstić information content (AvgIpc) is 3.15. The number of esters is 1. The van der Waals surface area contributed by atoms with Crippen LogP contribution in [0.1, 0.15) is 105 Å². The first-order chi connectivity index (χ1) is 16.6. The third-order valence-electron chi connectivity index (χ3n) is 11.4. The number of carbonyl (C=O) groups is 1. The van der Waals surface area contributed by atoms with E-state index in [4.69, 9.17) is 9.84 Å². The zero-order valence-corrected chi connectivity index (χ0v) is 23.1. The van der Waals surface area contributed by atoms with Gasteiger partial charge in [-0.2, -0.15) is 0 Å². The number of hydrogen-bond donors (Lipinski definition) is 2. The highest BCUT2D eigenvalue weighted by Crippen LogP contribution is 2.68. The van der Waals surface area contributed by atoms with Gasteiger partial charge >= 0.3 is 5.97 Å². The number of fused-ring (bicyclic) bond motifs is 5. The van der Waals surface area contributed by atoms with E-state index < -0.39 is 0 Å². The first-order valence-corrected chi connectivity index (χ1v) is 14.7. The molecule has 4 nitrogen and oxygen atoms in total. The Balaban J connectivity index is 1.52. The molecule has 3 fully saturated rings. The summed E-state index contributed by atoms with van der Waals surface area (Å²) < 4.78 is 5.27. The molecule has 2 N–H and O–H groups in total. The van der Waals surface area contributed by atoms with Crippen LogP contribution in [-0.4, -0.2) is 35.5 Å². The fourth-order valence-corrected chi connectivity index (χ4v) is 9.62. The van der Waals surface area contributed by atoms with Gasteiger partial charge < -0.3 is 14.9 Å². The number of aliphatic hydroxyl groups excluding tert-OH is 2. The van der Waals surface area contributed by atoms with E-state index in [2.05, 4.69) is 40.7 Å². The van der Waals surface area contributed by atoms with Gasteiger partial charge in [0.15, 0.2) is 0 Å². The van der Waals surface area contributed by atoms with Crippen molar-refractivity contribution >= 4 is 5.97 Å². The first-order valence-electron chi connectivity index (χ1n) is 14.7. The second-order valence-corrected chi connectivity index (χ2v) is 13.6. The summed E-state index contributed by atoms with van der Waals surface area (Å²) in [6.45, 7) is 12.2. The number of carbonyl (C=O) groups excluding carboxylic acids is 1.